The number of fused-ring (bicyclic) bond motifs is 2. The van der Waals surface area contributed by atoms with Crippen molar-refractivity contribution in [1.29, 1.82) is 0 Å². The number of aliphatic imine (C=N–C) groups is 1. The molecule has 2 amide bonds. The standard InChI is InChI=1S/C29H32N4O3/c1-19(2)21-9-11-22(12-10-21)30-29(34)33-16-15-32(18-20(33)3)28-24-14-13-23(35-4)17-27(24)36-26-8-6-5-7-25(26)31-28/h5-14,17,19-20H,15-16,18H2,1-4H3,(H,30,34). The lowest BCUT2D eigenvalue weighted by atomic mass is 10.0. The number of carbonyl (C=O) groups excluding carboxylic acids is 1. The van der Waals surface area contributed by atoms with Crippen molar-refractivity contribution in [3.05, 3.63) is 77.9 Å². The van der Waals surface area contributed by atoms with Gasteiger partial charge in [-0.15, -0.1) is 0 Å². The van der Waals surface area contributed by atoms with Crippen molar-refractivity contribution < 1.29 is 14.3 Å². The van der Waals surface area contributed by atoms with E-state index in [4.69, 9.17) is 14.5 Å². The van der Waals surface area contributed by atoms with E-state index >= 15 is 0 Å². The zero-order valence-corrected chi connectivity index (χ0v) is 21.2. The van der Waals surface area contributed by atoms with E-state index in [-0.39, 0.29) is 12.1 Å². The molecule has 36 heavy (non-hydrogen) atoms. The van der Waals surface area contributed by atoms with Crippen LogP contribution in [-0.4, -0.2) is 54.5 Å². The van der Waals surface area contributed by atoms with E-state index in [1.54, 1.807) is 7.11 Å². The van der Waals surface area contributed by atoms with Gasteiger partial charge in [-0.1, -0.05) is 38.1 Å². The summed E-state index contributed by atoms with van der Waals surface area (Å²) in [5.74, 6) is 3.43. The van der Waals surface area contributed by atoms with Crippen molar-refractivity contribution in [3.8, 4) is 17.2 Å². The number of benzene rings is 3. The van der Waals surface area contributed by atoms with Gasteiger partial charge in [0.15, 0.2) is 5.75 Å². The summed E-state index contributed by atoms with van der Waals surface area (Å²) >= 11 is 0. The quantitative estimate of drug-likeness (QED) is 0.478. The maximum absolute atomic E-state index is 13.1. The van der Waals surface area contributed by atoms with Crippen LogP contribution in [0.5, 0.6) is 17.2 Å². The summed E-state index contributed by atoms with van der Waals surface area (Å²) in [5, 5.41) is 3.06. The highest BCUT2D eigenvalue weighted by Crippen LogP contribution is 2.39. The van der Waals surface area contributed by atoms with Crippen molar-refractivity contribution in [3.63, 3.8) is 0 Å². The van der Waals surface area contributed by atoms with Gasteiger partial charge < -0.3 is 24.6 Å². The summed E-state index contributed by atoms with van der Waals surface area (Å²) in [4.78, 5) is 22.2. The molecule has 1 atom stereocenters. The summed E-state index contributed by atoms with van der Waals surface area (Å²) in [6.07, 6.45) is 0. The van der Waals surface area contributed by atoms with Crippen LogP contribution < -0.4 is 14.8 Å². The number of anilines is 1. The highest BCUT2D eigenvalue weighted by Gasteiger charge is 2.31. The fourth-order valence-electron chi connectivity index (χ4n) is 4.67. The molecule has 0 bridgehead atoms. The van der Waals surface area contributed by atoms with Crippen molar-refractivity contribution in [2.45, 2.75) is 32.7 Å². The highest BCUT2D eigenvalue weighted by molar-refractivity contribution is 6.04. The Kier molecular flexibility index (Phi) is 6.55. The number of amidine groups is 1. The van der Waals surface area contributed by atoms with Crippen LogP contribution in [0.2, 0.25) is 0 Å². The van der Waals surface area contributed by atoms with Crippen molar-refractivity contribution in [2.24, 2.45) is 4.99 Å². The second-order valence-corrected chi connectivity index (χ2v) is 9.56. The minimum atomic E-state index is -0.0823. The number of piperazine rings is 1. The van der Waals surface area contributed by atoms with Gasteiger partial charge in [0, 0.05) is 37.4 Å². The molecule has 2 aliphatic heterocycles. The van der Waals surface area contributed by atoms with Gasteiger partial charge in [-0.25, -0.2) is 9.79 Å². The molecule has 7 heteroatoms. The zero-order valence-electron chi connectivity index (χ0n) is 21.2. The van der Waals surface area contributed by atoms with Crippen LogP contribution in [0.25, 0.3) is 0 Å². The van der Waals surface area contributed by atoms with Gasteiger partial charge in [-0.2, -0.15) is 0 Å². The second kappa shape index (κ2) is 9.93. The predicted molar refractivity (Wildman–Crippen MR) is 143 cm³/mol. The molecular weight excluding hydrogens is 452 g/mol. The number of para-hydroxylation sites is 2. The van der Waals surface area contributed by atoms with Gasteiger partial charge in [-0.3, -0.25) is 0 Å². The number of hydrogen-bond acceptors (Lipinski definition) is 5. The van der Waals surface area contributed by atoms with Gasteiger partial charge >= 0.3 is 6.03 Å². The number of ether oxygens (including phenoxy) is 2. The molecule has 186 valence electrons. The van der Waals surface area contributed by atoms with Crippen molar-refractivity contribution >= 4 is 23.2 Å². The molecule has 0 radical (unpaired) electrons. The second-order valence-electron chi connectivity index (χ2n) is 9.56. The molecule has 3 aromatic rings. The molecule has 0 aromatic heterocycles. The number of nitrogens with zero attached hydrogens (tertiary/aromatic N) is 3. The van der Waals surface area contributed by atoms with E-state index < -0.39 is 0 Å². The Balaban J connectivity index is 1.35. The Hall–Kier alpha value is -4.00. The first-order valence-corrected chi connectivity index (χ1v) is 12.4. The van der Waals surface area contributed by atoms with E-state index in [2.05, 4.69) is 43.1 Å². The van der Waals surface area contributed by atoms with Gasteiger partial charge in [0.1, 0.15) is 23.0 Å². The molecule has 0 aliphatic carbocycles. The Bertz CT molecular complexity index is 1290. The number of rotatable bonds is 3. The van der Waals surface area contributed by atoms with E-state index in [0.29, 0.717) is 37.1 Å². The van der Waals surface area contributed by atoms with Crippen molar-refractivity contribution in [1.82, 2.24) is 9.80 Å². The molecule has 1 unspecified atom stereocenters. The Morgan fingerprint density at radius 1 is 1.06 bits per heavy atom. The van der Waals surface area contributed by atoms with Crippen LogP contribution in [0, 0.1) is 0 Å². The van der Waals surface area contributed by atoms with Gasteiger partial charge in [-0.05, 0) is 54.8 Å². The molecule has 0 saturated carbocycles. The average Bonchev–Trinajstić information content (AvgIpc) is 3.05. The van der Waals surface area contributed by atoms with E-state index in [1.807, 2.05) is 59.5 Å². The van der Waals surface area contributed by atoms with E-state index in [9.17, 15) is 4.79 Å². The normalized spacial score (nSPS) is 16.9. The summed E-state index contributed by atoms with van der Waals surface area (Å²) in [6.45, 7) is 8.30. The summed E-state index contributed by atoms with van der Waals surface area (Å²) in [5.41, 5.74) is 3.74. The van der Waals surface area contributed by atoms with Gasteiger partial charge in [0.25, 0.3) is 0 Å². The topological polar surface area (TPSA) is 66.4 Å². The average molecular weight is 485 g/mol. The van der Waals surface area contributed by atoms with Crippen LogP contribution in [0.4, 0.5) is 16.2 Å². The number of carbonyl (C=O) groups is 1. The molecule has 0 spiro atoms. The summed E-state index contributed by atoms with van der Waals surface area (Å²) in [7, 11) is 1.64. The van der Waals surface area contributed by atoms with E-state index in [0.717, 1.165) is 28.5 Å². The molecule has 1 N–H and O–H groups in total. The molecule has 1 fully saturated rings. The van der Waals surface area contributed by atoms with E-state index in [1.165, 1.54) is 5.56 Å². The monoisotopic (exact) mass is 484 g/mol. The van der Waals surface area contributed by atoms with Crippen molar-refractivity contribution in [2.75, 3.05) is 32.1 Å². The highest BCUT2D eigenvalue weighted by atomic mass is 16.5. The fourth-order valence-corrected chi connectivity index (χ4v) is 4.67. The third kappa shape index (κ3) is 4.73. The first-order chi connectivity index (χ1) is 17.4. The molecule has 1 saturated heterocycles. The molecule has 7 nitrogen and oxygen atoms in total. The maximum Gasteiger partial charge on any atom is 0.322 e. The lowest BCUT2D eigenvalue weighted by Gasteiger charge is -2.41. The number of methoxy groups -OCH3 is 1. The van der Waals surface area contributed by atoms with Gasteiger partial charge in [0.05, 0.1) is 12.7 Å². The lowest BCUT2D eigenvalue weighted by molar-refractivity contribution is 0.145. The van der Waals surface area contributed by atoms with Crippen LogP contribution in [0.1, 0.15) is 37.8 Å². The molecule has 2 heterocycles. The number of hydrogen-bond donors (Lipinski definition) is 1. The van der Waals surface area contributed by atoms with Crippen LogP contribution in [-0.2, 0) is 0 Å². The third-order valence-electron chi connectivity index (χ3n) is 6.76. The maximum atomic E-state index is 13.1. The Morgan fingerprint density at radius 3 is 2.56 bits per heavy atom. The van der Waals surface area contributed by atoms with Crippen LogP contribution >= 0.6 is 0 Å². The van der Waals surface area contributed by atoms with Gasteiger partial charge in [0.2, 0.25) is 0 Å². The SMILES string of the molecule is COc1ccc2c(c1)Oc1ccccc1N=C2N1CCN(C(=O)Nc2ccc(C(C)C)cc2)C(C)C1. The predicted octanol–water partition coefficient (Wildman–Crippen LogP) is 6.24. The smallest absolute Gasteiger partial charge is 0.322 e. The number of urea groups is 1. The first-order valence-electron chi connectivity index (χ1n) is 12.4. The molecule has 3 aromatic carbocycles. The Labute approximate surface area is 212 Å². The minimum absolute atomic E-state index is 0.00231. The largest absolute Gasteiger partial charge is 0.497 e. The number of nitrogens with one attached hydrogen (secondary N) is 1. The first kappa shape index (κ1) is 23.7. The minimum Gasteiger partial charge on any atom is -0.497 e. The zero-order chi connectivity index (χ0) is 25.2. The fraction of sp³-hybridized carbons (Fsp3) is 0.310. The number of amides is 2. The lowest BCUT2D eigenvalue weighted by Crippen LogP contribution is -2.56. The van der Waals surface area contributed by atoms with Crippen LogP contribution in [0.15, 0.2) is 71.7 Å². The molecule has 2 aliphatic rings. The molecule has 5 rings (SSSR count). The Morgan fingerprint density at radius 2 is 1.83 bits per heavy atom. The van der Waals surface area contributed by atoms with Crippen LogP contribution in [0.3, 0.4) is 0 Å². The summed E-state index contributed by atoms with van der Waals surface area (Å²) in [6, 6.07) is 21.6. The summed E-state index contributed by atoms with van der Waals surface area (Å²) < 4.78 is 11.7. The molecular formula is C29H32N4O3. The third-order valence-corrected chi connectivity index (χ3v) is 6.76.